The molecule has 3 atom stereocenters. The summed E-state index contributed by atoms with van der Waals surface area (Å²) in [5.41, 5.74) is 6.97. The van der Waals surface area contributed by atoms with Crippen molar-refractivity contribution in [3.8, 4) is 0 Å². The van der Waals surface area contributed by atoms with Crippen LogP contribution in [-0.2, 0) is 4.79 Å². The molecule has 1 aromatic carbocycles. The van der Waals surface area contributed by atoms with Gasteiger partial charge in [-0.3, -0.25) is 4.79 Å². The summed E-state index contributed by atoms with van der Waals surface area (Å²) in [4.78, 5) is 12.0. The quantitative estimate of drug-likeness (QED) is 0.878. The maximum Gasteiger partial charge on any atom is 0.237 e. The lowest BCUT2D eigenvalue weighted by molar-refractivity contribution is -0.124. The average Bonchev–Trinajstić information content (AvgIpc) is 2.36. The van der Waals surface area contributed by atoms with E-state index in [1.165, 1.54) is 0 Å². The minimum absolute atomic E-state index is 0.0369. The molecule has 1 amide bonds. The van der Waals surface area contributed by atoms with Gasteiger partial charge in [-0.25, -0.2) is 0 Å². The molecule has 4 heteroatoms. The number of carbonyl (C=O) groups is 1. The van der Waals surface area contributed by atoms with Gasteiger partial charge in [0.25, 0.3) is 0 Å². The molecule has 3 N–H and O–H groups in total. The molecule has 0 fully saturated rings. The van der Waals surface area contributed by atoms with Gasteiger partial charge in [-0.2, -0.15) is 0 Å². The van der Waals surface area contributed by atoms with Crippen LogP contribution in [0.2, 0.25) is 0 Å². The monoisotopic (exact) mass is 312 g/mol. The van der Waals surface area contributed by atoms with E-state index in [2.05, 4.69) is 21.2 Å². The van der Waals surface area contributed by atoms with Crippen LogP contribution in [0.3, 0.4) is 0 Å². The molecule has 0 aliphatic rings. The Labute approximate surface area is 117 Å². The number of nitrogens with two attached hydrogens (primary N) is 1. The first-order valence-electron chi connectivity index (χ1n) is 6.27. The number of benzene rings is 1. The number of hydrogen-bond acceptors (Lipinski definition) is 2. The Kier molecular flexibility index (Phi) is 5.82. The summed E-state index contributed by atoms with van der Waals surface area (Å²) in [5, 5.41) is 2.95. The van der Waals surface area contributed by atoms with Gasteiger partial charge >= 0.3 is 0 Å². The van der Waals surface area contributed by atoms with E-state index < -0.39 is 6.04 Å². The molecular formula is C14H21BrN2O. The summed E-state index contributed by atoms with van der Waals surface area (Å²) in [7, 11) is 0. The molecule has 0 radical (unpaired) electrons. The van der Waals surface area contributed by atoms with Gasteiger partial charge in [-0.05, 0) is 30.5 Å². The van der Waals surface area contributed by atoms with E-state index in [0.717, 1.165) is 16.5 Å². The van der Waals surface area contributed by atoms with Gasteiger partial charge in [-0.15, -0.1) is 0 Å². The second-order valence-electron chi connectivity index (χ2n) is 4.70. The molecule has 1 aromatic rings. The number of hydrogen-bond donors (Lipinski definition) is 2. The van der Waals surface area contributed by atoms with E-state index in [-0.39, 0.29) is 17.9 Å². The summed E-state index contributed by atoms with van der Waals surface area (Å²) in [6.45, 7) is 5.99. The standard InChI is InChI=1S/C14H21BrN2O/c1-4-9(2)13(16)14(18)17-10(3)11-6-5-7-12(15)8-11/h5-10,13H,4,16H2,1-3H3,(H,17,18)/t9?,10?,13-/m0/s1. The van der Waals surface area contributed by atoms with Crippen LogP contribution < -0.4 is 11.1 Å². The number of carbonyl (C=O) groups excluding carboxylic acids is 1. The average molecular weight is 313 g/mol. The minimum atomic E-state index is -0.440. The highest BCUT2D eigenvalue weighted by Crippen LogP contribution is 2.18. The van der Waals surface area contributed by atoms with Crippen molar-refractivity contribution >= 4 is 21.8 Å². The Hall–Kier alpha value is -0.870. The second-order valence-corrected chi connectivity index (χ2v) is 5.61. The van der Waals surface area contributed by atoms with Crippen LogP contribution in [0.25, 0.3) is 0 Å². The molecule has 3 nitrogen and oxygen atoms in total. The zero-order valence-electron chi connectivity index (χ0n) is 11.1. The number of amides is 1. The number of halogens is 1. The Bertz CT molecular complexity index is 409. The van der Waals surface area contributed by atoms with E-state index >= 15 is 0 Å². The smallest absolute Gasteiger partial charge is 0.237 e. The maximum atomic E-state index is 12.0. The Balaban J connectivity index is 2.65. The highest BCUT2D eigenvalue weighted by molar-refractivity contribution is 9.10. The van der Waals surface area contributed by atoms with Crippen LogP contribution in [0.15, 0.2) is 28.7 Å². The molecule has 18 heavy (non-hydrogen) atoms. The number of rotatable bonds is 5. The van der Waals surface area contributed by atoms with Gasteiger partial charge < -0.3 is 11.1 Å². The van der Waals surface area contributed by atoms with Gasteiger partial charge in [0.15, 0.2) is 0 Å². The normalized spacial score (nSPS) is 15.8. The first kappa shape index (κ1) is 15.2. The fourth-order valence-corrected chi connectivity index (χ4v) is 2.10. The SMILES string of the molecule is CCC(C)[C@H](N)C(=O)NC(C)c1cccc(Br)c1. The van der Waals surface area contributed by atoms with Crippen LogP contribution in [0.1, 0.15) is 38.8 Å². The molecule has 0 heterocycles. The zero-order chi connectivity index (χ0) is 13.7. The van der Waals surface area contributed by atoms with Gasteiger partial charge in [0.2, 0.25) is 5.91 Å². The topological polar surface area (TPSA) is 55.1 Å². The fourth-order valence-electron chi connectivity index (χ4n) is 1.68. The second kappa shape index (κ2) is 6.90. The van der Waals surface area contributed by atoms with Crippen molar-refractivity contribution in [3.05, 3.63) is 34.3 Å². The first-order valence-corrected chi connectivity index (χ1v) is 7.06. The zero-order valence-corrected chi connectivity index (χ0v) is 12.7. The highest BCUT2D eigenvalue weighted by atomic mass is 79.9. The molecule has 0 aliphatic carbocycles. The minimum Gasteiger partial charge on any atom is -0.348 e. The predicted octanol–water partition coefficient (Wildman–Crippen LogP) is 3.00. The van der Waals surface area contributed by atoms with Crippen molar-refractivity contribution in [2.24, 2.45) is 11.7 Å². The summed E-state index contributed by atoms with van der Waals surface area (Å²) >= 11 is 3.42. The van der Waals surface area contributed by atoms with Gasteiger partial charge in [0.1, 0.15) is 0 Å². The van der Waals surface area contributed by atoms with Crippen molar-refractivity contribution in [2.45, 2.75) is 39.3 Å². The van der Waals surface area contributed by atoms with Crippen molar-refractivity contribution < 1.29 is 4.79 Å². The molecular weight excluding hydrogens is 292 g/mol. The first-order chi connectivity index (χ1) is 8.45. The molecule has 0 saturated carbocycles. The van der Waals surface area contributed by atoms with Crippen molar-refractivity contribution in [2.75, 3.05) is 0 Å². The van der Waals surface area contributed by atoms with Crippen LogP contribution in [0.5, 0.6) is 0 Å². The third-order valence-corrected chi connectivity index (χ3v) is 3.76. The molecule has 1 rings (SSSR count). The molecule has 0 saturated heterocycles. The van der Waals surface area contributed by atoms with E-state index in [4.69, 9.17) is 5.73 Å². The van der Waals surface area contributed by atoms with Gasteiger partial charge in [0.05, 0.1) is 12.1 Å². The van der Waals surface area contributed by atoms with Gasteiger partial charge in [-0.1, -0.05) is 48.3 Å². The fraction of sp³-hybridized carbons (Fsp3) is 0.500. The van der Waals surface area contributed by atoms with Crippen LogP contribution >= 0.6 is 15.9 Å². The number of nitrogens with one attached hydrogen (secondary N) is 1. The molecule has 2 unspecified atom stereocenters. The largest absolute Gasteiger partial charge is 0.348 e. The predicted molar refractivity (Wildman–Crippen MR) is 78.1 cm³/mol. The Morgan fingerprint density at radius 2 is 2.11 bits per heavy atom. The molecule has 0 spiro atoms. The van der Waals surface area contributed by atoms with Crippen LogP contribution in [0.4, 0.5) is 0 Å². The lowest BCUT2D eigenvalue weighted by Gasteiger charge is -2.21. The summed E-state index contributed by atoms with van der Waals surface area (Å²) in [6.07, 6.45) is 0.903. The summed E-state index contributed by atoms with van der Waals surface area (Å²) < 4.78 is 1.01. The lowest BCUT2D eigenvalue weighted by atomic mass is 9.98. The molecule has 0 aromatic heterocycles. The molecule has 100 valence electrons. The van der Waals surface area contributed by atoms with Crippen LogP contribution in [0, 0.1) is 5.92 Å². The van der Waals surface area contributed by atoms with Crippen LogP contribution in [-0.4, -0.2) is 11.9 Å². The Morgan fingerprint density at radius 3 is 2.67 bits per heavy atom. The third kappa shape index (κ3) is 4.10. The molecule has 0 aliphatic heterocycles. The summed E-state index contributed by atoms with van der Waals surface area (Å²) in [6, 6.07) is 7.43. The lowest BCUT2D eigenvalue weighted by Crippen LogP contribution is -2.45. The highest BCUT2D eigenvalue weighted by Gasteiger charge is 2.21. The van der Waals surface area contributed by atoms with E-state index in [9.17, 15) is 4.79 Å². The van der Waals surface area contributed by atoms with Crippen molar-refractivity contribution in [1.82, 2.24) is 5.32 Å². The maximum absolute atomic E-state index is 12.0. The Morgan fingerprint density at radius 1 is 1.44 bits per heavy atom. The van der Waals surface area contributed by atoms with Crippen molar-refractivity contribution in [1.29, 1.82) is 0 Å². The van der Waals surface area contributed by atoms with E-state index in [1.807, 2.05) is 45.0 Å². The molecule has 0 bridgehead atoms. The summed E-state index contributed by atoms with van der Waals surface area (Å²) in [5.74, 6) is 0.108. The third-order valence-electron chi connectivity index (χ3n) is 3.27. The van der Waals surface area contributed by atoms with Crippen molar-refractivity contribution in [3.63, 3.8) is 0 Å². The van der Waals surface area contributed by atoms with Gasteiger partial charge in [0, 0.05) is 4.47 Å². The van der Waals surface area contributed by atoms with E-state index in [0.29, 0.717) is 0 Å². The van der Waals surface area contributed by atoms with E-state index in [1.54, 1.807) is 0 Å².